The number of ether oxygens (including phenoxy) is 3. The van der Waals surface area contributed by atoms with E-state index in [0.717, 1.165) is 5.41 Å². The number of sulfone groups is 1. The first-order chi connectivity index (χ1) is 13.4. The Labute approximate surface area is 161 Å². The van der Waals surface area contributed by atoms with Crippen molar-refractivity contribution in [2.45, 2.75) is 4.90 Å². The summed E-state index contributed by atoms with van der Waals surface area (Å²) in [5.74, 6) is 1.40. The van der Waals surface area contributed by atoms with Gasteiger partial charge in [0.25, 0.3) is 0 Å². The Morgan fingerprint density at radius 1 is 0.893 bits per heavy atom. The summed E-state index contributed by atoms with van der Waals surface area (Å²) in [4.78, 5) is 11.8. The molecule has 0 amide bonds. The molecule has 0 aliphatic carbocycles. The molecule has 0 atom stereocenters. The van der Waals surface area contributed by atoms with Gasteiger partial charge in [0.15, 0.2) is 4.90 Å². The molecular formula is C20H18O7S. The van der Waals surface area contributed by atoms with E-state index in [4.69, 9.17) is 18.6 Å². The SMILES string of the molecule is COc1ccc(/C=C\S(=O)(=O)c2cc3c(OC)cc(OC)cc3oc2=O)cc1. The molecule has 3 rings (SSSR count). The number of rotatable bonds is 6. The van der Waals surface area contributed by atoms with Gasteiger partial charge >= 0.3 is 5.63 Å². The van der Waals surface area contributed by atoms with Gasteiger partial charge in [-0.25, -0.2) is 13.2 Å². The van der Waals surface area contributed by atoms with Crippen LogP contribution in [0.1, 0.15) is 5.56 Å². The number of benzene rings is 2. The second-order valence-corrected chi connectivity index (χ2v) is 7.56. The molecule has 8 heteroatoms. The van der Waals surface area contributed by atoms with Gasteiger partial charge in [0.1, 0.15) is 22.8 Å². The molecule has 0 radical (unpaired) electrons. The summed E-state index contributed by atoms with van der Waals surface area (Å²) in [7, 11) is 0.386. The molecule has 0 aliphatic rings. The molecule has 7 nitrogen and oxygen atoms in total. The third-order valence-electron chi connectivity index (χ3n) is 4.07. The Bertz CT molecular complexity index is 1190. The molecular weight excluding hydrogens is 384 g/mol. The molecule has 0 bridgehead atoms. The summed E-state index contributed by atoms with van der Waals surface area (Å²) in [5.41, 5.74) is -0.168. The number of hydrogen-bond donors (Lipinski definition) is 0. The standard InChI is InChI=1S/C20H18O7S/c1-24-14-6-4-13(5-7-14)8-9-28(22,23)19-12-16-17(26-3)10-15(25-2)11-18(16)27-20(19)21/h4-12H,1-3H3/b9-8-. The van der Waals surface area contributed by atoms with Crippen molar-refractivity contribution in [2.24, 2.45) is 0 Å². The van der Waals surface area contributed by atoms with Crippen LogP contribution in [0.25, 0.3) is 17.0 Å². The largest absolute Gasteiger partial charge is 0.497 e. The molecule has 0 N–H and O–H groups in total. The zero-order chi connectivity index (χ0) is 20.3. The zero-order valence-corrected chi connectivity index (χ0v) is 16.3. The molecule has 2 aromatic carbocycles. The van der Waals surface area contributed by atoms with Crippen LogP contribution in [-0.2, 0) is 9.84 Å². The van der Waals surface area contributed by atoms with Crippen LogP contribution >= 0.6 is 0 Å². The highest BCUT2D eigenvalue weighted by molar-refractivity contribution is 7.94. The van der Waals surface area contributed by atoms with Crippen molar-refractivity contribution in [1.29, 1.82) is 0 Å². The van der Waals surface area contributed by atoms with Crippen molar-refractivity contribution in [3.63, 3.8) is 0 Å². The van der Waals surface area contributed by atoms with Gasteiger partial charge in [0.05, 0.1) is 26.7 Å². The van der Waals surface area contributed by atoms with E-state index >= 15 is 0 Å². The molecule has 0 spiro atoms. The van der Waals surface area contributed by atoms with Crippen molar-refractivity contribution in [3.05, 3.63) is 63.9 Å². The fourth-order valence-corrected chi connectivity index (χ4v) is 3.62. The van der Waals surface area contributed by atoms with E-state index in [1.165, 1.54) is 39.5 Å². The van der Waals surface area contributed by atoms with Gasteiger partial charge in [-0.1, -0.05) is 12.1 Å². The maximum absolute atomic E-state index is 12.7. The van der Waals surface area contributed by atoms with Crippen LogP contribution in [0, 0.1) is 0 Å². The van der Waals surface area contributed by atoms with Crippen molar-refractivity contribution in [3.8, 4) is 17.2 Å². The molecule has 1 aromatic heterocycles. The van der Waals surface area contributed by atoms with E-state index in [0.29, 0.717) is 28.2 Å². The number of hydrogen-bond acceptors (Lipinski definition) is 7. The van der Waals surface area contributed by atoms with E-state index in [9.17, 15) is 13.2 Å². The number of fused-ring (bicyclic) bond motifs is 1. The van der Waals surface area contributed by atoms with Crippen LogP contribution in [0.5, 0.6) is 17.2 Å². The topological polar surface area (TPSA) is 92.0 Å². The maximum atomic E-state index is 12.7. The second-order valence-electron chi connectivity index (χ2n) is 5.76. The Morgan fingerprint density at radius 2 is 1.57 bits per heavy atom. The highest BCUT2D eigenvalue weighted by Gasteiger charge is 2.20. The van der Waals surface area contributed by atoms with E-state index in [-0.39, 0.29) is 5.58 Å². The lowest BCUT2D eigenvalue weighted by Crippen LogP contribution is -2.12. The highest BCUT2D eigenvalue weighted by atomic mass is 32.2. The predicted molar refractivity (Wildman–Crippen MR) is 105 cm³/mol. The van der Waals surface area contributed by atoms with Gasteiger partial charge in [-0.05, 0) is 29.8 Å². The summed E-state index contributed by atoms with van der Waals surface area (Å²) in [6.07, 6.45) is 1.39. The fourth-order valence-electron chi connectivity index (χ4n) is 2.59. The minimum atomic E-state index is -4.04. The predicted octanol–water partition coefficient (Wildman–Crippen LogP) is 3.26. The van der Waals surface area contributed by atoms with Gasteiger partial charge in [-0.15, -0.1) is 0 Å². The monoisotopic (exact) mass is 402 g/mol. The van der Waals surface area contributed by atoms with Gasteiger partial charge in [-0.2, -0.15) is 0 Å². The minimum Gasteiger partial charge on any atom is -0.497 e. The van der Waals surface area contributed by atoms with Gasteiger partial charge < -0.3 is 18.6 Å². The molecule has 0 aliphatic heterocycles. The molecule has 0 fully saturated rings. The first kappa shape index (κ1) is 19.5. The molecule has 28 heavy (non-hydrogen) atoms. The van der Waals surface area contributed by atoms with Crippen LogP contribution in [-0.4, -0.2) is 29.7 Å². The van der Waals surface area contributed by atoms with Gasteiger partial charge in [-0.3, -0.25) is 0 Å². The fraction of sp³-hybridized carbons (Fsp3) is 0.150. The summed E-state index contributed by atoms with van der Waals surface area (Å²) < 4.78 is 46.0. The maximum Gasteiger partial charge on any atom is 0.355 e. The molecule has 146 valence electrons. The van der Waals surface area contributed by atoms with Crippen LogP contribution in [0.2, 0.25) is 0 Å². The van der Waals surface area contributed by atoms with Crippen molar-refractivity contribution < 1.29 is 27.0 Å². The molecule has 0 saturated carbocycles. The highest BCUT2D eigenvalue weighted by Crippen LogP contribution is 2.31. The van der Waals surface area contributed by atoms with Crippen LogP contribution in [0.4, 0.5) is 0 Å². The third-order valence-corrected chi connectivity index (χ3v) is 5.47. The van der Waals surface area contributed by atoms with Crippen molar-refractivity contribution in [1.82, 2.24) is 0 Å². The summed E-state index contributed by atoms with van der Waals surface area (Å²) in [6, 6.07) is 11.1. The molecule has 0 unspecified atom stereocenters. The lowest BCUT2D eigenvalue weighted by molar-refractivity contribution is 0.395. The normalized spacial score (nSPS) is 11.7. The Kier molecular flexibility index (Phi) is 5.41. The Hall–Kier alpha value is -3.26. The Morgan fingerprint density at radius 3 is 2.18 bits per heavy atom. The average Bonchev–Trinajstić information content (AvgIpc) is 2.71. The minimum absolute atomic E-state index is 0.166. The van der Waals surface area contributed by atoms with Gasteiger partial charge in [0, 0.05) is 17.5 Å². The van der Waals surface area contributed by atoms with E-state index in [2.05, 4.69) is 0 Å². The zero-order valence-electron chi connectivity index (χ0n) is 15.5. The van der Waals surface area contributed by atoms with E-state index < -0.39 is 20.4 Å². The third kappa shape index (κ3) is 3.86. The van der Waals surface area contributed by atoms with Gasteiger partial charge in [0.2, 0.25) is 9.84 Å². The van der Waals surface area contributed by atoms with Crippen LogP contribution < -0.4 is 19.8 Å². The molecule has 1 heterocycles. The molecule has 3 aromatic rings. The second kappa shape index (κ2) is 7.77. The first-order valence-electron chi connectivity index (χ1n) is 8.15. The summed E-state index contributed by atoms with van der Waals surface area (Å²) in [6.45, 7) is 0. The first-order valence-corrected chi connectivity index (χ1v) is 9.69. The molecule has 0 saturated heterocycles. The summed E-state index contributed by atoms with van der Waals surface area (Å²) >= 11 is 0. The van der Waals surface area contributed by atoms with Crippen molar-refractivity contribution in [2.75, 3.05) is 21.3 Å². The van der Waals surface area contributed by atoms with E-state index in [1.54, 1.807) is 30.3 Å². The van der Waals surface area contributed by atoms with Crippen LogP contribution in [0.3, 0.4) is 0 Å². The lowest BCUT2D eigenvalue weighted by Gasteiger charge is -2.08. The average molecular weight is 402 g/mol. The number of methoxy groups -OCH3 is 3. The van der Waals surface area contributed by atoms with Crippen LogP contribution in [0.15, 0.2) is 62.0 Å². The lowest BCUT2D eigenvalue weighted by atomic mass is 10.2. The smallest absolute Gasteiger partial charge is 0.355 e. The van der Waals surface area contributed by atoms with E-state index in [1.807, 2.05) is 0 Å². The Balaban J connectivity index is 2.06. The quantitative estimate of drug-likeness (QED) is 0.584. The van der Waals surface area contributed by atoms with Crippen molar-refractivity contribution >= 4 is 26.9 Å². The summed E-state index contributed by atoms with van der Waals surface area (Å²) in [5, 5.41) is 1.31.